The van der Waals surface area contributed by atoms with Crippen LogP contribution in [0.5, 0.6) is 0 Å². The number of benzene rings is 2. The van der Waals surface area contributed by atoms with Gasteiger partial charge in [-0.25, -0.2) is 4.79 Å². The molecular formula is C20H20Cl2N2O5. The van der Waals surface area contributed by atoms with Crippen molar-refractivity contribution in [1.82, 2.24) is 0 Å². The number of hydrogen-bond donors (Lipinski definition) is 1. The molecule has 29 heavy (non-hydrogen) atoms. The van der Waals surface area contributed by atoms with Gasteiger partial charge >= 0.3 is 5.97 Å². The average molecular weight is 439 g/mol. The smallest absolute Gasteiger partial charge is 0.338 e. The molecule has 2 aromatic carbocycles. The maximum Gasteiger partial charge on any atom is 0.338 e. The van der Waals surface area contributed by atoms with E-state index in [0.717, 1.165) is 5.56 Å². The quantitative estimate of drug-likeness (QED) is 0.243. The van der Waals surface area contributed by atoms with Gasteiger partial charge in [0.2, 0.25) is 5.91 Å². The minimum absolute atomic E-state index is 0.0419. The van der Waals surface area contributed by atoms with Crippen LogP contribution in [-0.2, 0) is 16.0 Å². The summed E-state index contributed by atoms with van der Waals surface area (Å²) in [7, 11) is 0. The van der Waals surface area contributed by atoms with Crippen molar-refractivity contribution >= 4 is 46.5 Å². The van der Waals surface area contributed by atoms with Gasteiger partial charge in [0.1, 0.15) is 5.69 Å². The zero-order valence-corrected chi connectivity index (χ0v) is 17.3. The number of nitro benzene ring substituents is 1. The van der Waals surface area contributed by atoms with Crippen LogP contribution in [-0.4, -0.2) is 23.4 Å². The van der Waals surface area contributed by atoms with Crippen molar-refractivity contribution in [3.8, 4) is 0 Å². The van der Waals surface area contributed by atoms with Gasteiger partial charge in [-0.05, 0) is 56.0 Å². The first-order chi connectivity index (χ1) is 13.8. The molecule has 0 atom stereocenters. The van der Waals surface area contributed by atoms with Crippen LogP contribution in [0, 0.1) is 10.1 Å². The van der Waals surface area contributed by atoms with Gasteiger partial charge in [-0.3, -0.25) is 14.9 Å². The fourth-order valence-corrected chi connectivity index (χ4v) is 3.29. The monoisotopic (exact) mass is 438 g/mol. The van der Waals surface area contributed by atoms with Crippen LogP contribution in [0.4, 0.5) is 11.4 Å². The van der Waals surface area contributed by atoms with E-state index in [2.05, 4.69) is 5.32 Å². The van der Waals surface area contributed by atoms with Crippen molar-refractivity contribution in [2.45, 2.75) is 32.6 Å². The summed E-state index contributed by atoms with van der Waals surface area (Å²) in [6, 6.07) is 8.98. The summed E-state index contributed by atoms with van der Waals surface area (Å²) in [6.07, 6.45) is 1.98. The SMILES string of the molecule is CCOC(=O)c1ccc([N+](=O)[O-])c(NC(=O)CCCCc2c(Cl)cccc2Cl)c1. The lowest BCUT2D eigenvalue weighted by atomic mass is 10.1. The van der Waals surface area contributed by atoms with Crippen LogP contribution in [0.15, 0.2) is 36.4 Å². The molecule has 9 heteroatoms. The number of hydrogen-bond acceptors (Lipinski definition) is 5. The maximum absolute atomic E-state index is 12.2. The second kappa shape index (κ2) is 10.8. The normalized spacial score (nSPS) is 10.4. The summed E-state index contributed by atoms with van der Waals surface area (Å²) in [6.45, 7) is 1.83. The van der Waals surface area contributed by atoms with E-state index in [-0.39, 0.29) is 35.9 Å². The van der Waals surface area contributed by atoms with Gasteiger partial charge in [0, 0.05) is 22.5 Å². The Bertz CT molecular complexity index is 897. The van der Waals surface area contributed by atoms with E-state index in [9.17, 15) is 19.7 Å². The Morgan fingerprint density at radius 2 is 1.83 bits per heavy atom. The molecule has 0 radical (unpaired) electrons. The number of nitrogens with one attached hydrogen (secondary N) is 1. The number of rotatable bonds is 9. The van der Waals surface area contributed by atoms with Crippen molar-refractivity contribution in [1.29, 1.82) is 0 Å². The van der Waals surface area contributed by atoms with Gasteiger partial charge in [0.25, 0.3) is 5.69 Å². The van der Waals surface area contributed by atoms with E-state index in [1.807, 2.05) is 0 Å². The molecule has 7 nitrogen and oxygen atoms in total. The second-order valence-corrected chi connectivity index (χ2v) is 6.98. The zero-order valence-electron chi connectivity index (χ0n) is 15.7. The number of amides is 1. The van der Waals surface area contributed by atoms with Crippen molar-refractivity contribution in [3.63, 3.8) is 0 Å². The molecule has 154 valence electrons. The van der Waals surface area contributed by atoms with Crippen LogP contribution in [0.25, 0.3) is 0 Å². The Kier molecular flexibility index (Phi) is 8.42. The standard InChI is InChI=1S/C20H20Cl2N2O5/c1-2-29-20(26)13-10-11-18(24(27)28)17(12-13)23-19(25)9-4-3-6-14-15(21)7-5-8-16(14)22/h5,7-8,10-12H,2-4,6,9H2,1H3,(H,23,25). The van der Waals surface area contributed by atoms with E-state index in [1.165, 1.54) is 18.2 Å². The largest absolute Gasteiger partial charge is 0.462 e. The van der Waals surface area contributed by atoms with E-state index < -0.39 is 10.9 Å². The molecule has 0 bridgehead atoms. The Labute approximate surface area is 178 Å². The summed E-state index contributed by atoms with van der Waals surface area (Å²) < 4.78 is 4.89. The number of esters is 1. The molecule has 0 unspecified atom stereocenters. The first kappa shape index (κ1) is 22.6. The average Bonchev–Trinajstić information content (AvgIpc) is 2.67. The molecule has 0 aliphatic carbocycles. The Hall–Kier alpha value is -2.64. The van der Waals surface area contributed by atoms with Crippen LogP contribution in [0.3, 0.4) is 0 Å². The van der Waals surface area contributed by atoms with E-state index >= 15 is 0 Å². The summed E-state index contributed by atoms with van der Waals surface area (Å²) in [5, 5.41) is 14.9. The second-order valence-electron chi connectivity index (χ2n) is 6.17. The fraction of sp³-hybridized carbons (Fsp3) is 0.300. The lowest BCUT2D eigenvalue weighted by molar-refractivity contribution is -0.383. The van der Waals surface area contributed by atoms with Crippen LogP contribution in [0.1, 0.15) is 42.1 Å². The number of nitrogens with zero attached hydrogens (tertiary/aromatic N) is 1. The molecule has 0 heterocycles. The number of nitro groups is 1. The molecule has 0 aliphatic rings. The molecule has 0 saturated carbocycles. The van der Waals surface area contributed by atoms with Crippen LogP contribution < -0.4 is 5.32 Å². The molecule has 2 aromatic rings. The molecule has 0 aromatic heterocycles. The zero-order chi connectivity index (χ0) is 21.4. The Morgan fingerprint density at radius 1 is 1.14 bits per heavy atom. The number of ether oxygens (including phenoxy) is 1. The van der Waals surface area contributed by atoms with Gasteiger partial charge in [0.05, 0.1) is 17.1 Å². The molecule has 1 amide bonds. The summed E-state index contributed by atoms with van der Waals surface area (Å²) >= 11 is 12.2. The third-order valence-corrected chi connectivity index (χ3v) is 4.83. The first-order valence-electron chi connectivity index (χ1n) is 9.01. The van der Waals surface area contributed by atoms with Gasteiger partial charge in [0.15, 0.2) is 0 Å². The van der Waals surface area contributed by atoms with Crippen LogP contribution in [0.2, 0.25) is 10.0 Å². The highest BCUT2D eigenvalue weighted by Crippen LogP contribution is 2.27. The van der Waals surface area contributed by atoms with E-state index in [0.29, 0.717) is 29.3 Å². The molecule has 0 saturated heterocycles. The lowest BCUT2D eigenvalue weighted by Crippen LogP contribution is -2.14. The summed E-state index contributed by atoms with van der Waals surface area (Å²) in [5.41, 5.74) is 0.615. The number of unbranched alkanes of at least 4 members (excludes halogenated alkanes) is 1. The topological polar surface area (TPSA) is 98.5 Å². The van der Waals surface area contributed by atoms with Crippen molar-refractivity contribution in [3.05, 3.63) is 67.7 Å². The van der Waals surface area contributed by atoms with Crippen molar-refractivity contribution < 1.29 is 19.2 Å². The Morgan fingerprint density at radius 3 is 2.45 bits per heavy atom. The van der Waals surface area contributed by atoms with Crippen molar-refractivity contribution in [2.75, 3.05) is 11.9 Å². The molecule has 2 rings (SSSR count). The number of carbonyl (C=O) groups is 2. The highest BCUT2D eigenvalue weighted by atomic mass is 35.5. The molecule has 1 N–H and O–H groups in total. The van der Waals surface area contributed by atoms with E-state index in [4.69, 9.17) is 27.9 Å². The molecular weight excluding hydrogens is 419 g/mol. The molecule has 0 aliphatic heterocycles. The third kappa shape index (κ3) is 6.44. The summed E-state index contributed by atoms with van der Waals surface area (Å²) in [5.74, 6) is -1.01. The van der Waals surface area contributed by atoms with E-state index in [1.54, 1.807) is 25.1 Å². The predicted octanol–water partition coefficient (Wildman–Crippen LogP) is 5.43. The minimum Gasteiger partial charge on any atom is -0.462 e. The number of anilines is 1. The predicted molar refractivity (Wildman–Crippen MR) is 112 cm³/mol. The van der Waals surface area contributed by atoms with Gasteiger partial charge in [-0.1, -0.05) is 29.3 Å². The molecule has 0 fully saturated rings. The molecule has 0 spiro atoms. The van der Waals surface area contributed by atoms with Gasteiger partial charge < -0.3 is 10.1 Å². The van der Waals surface area contributed by atoms with Crippen molar-refractivity contribution in [2.24, 2.45) is 0 Å². The summed E-state index contributed by atoms with van der Waals surface area (Å²) in [4.78, 5) is 34.7. The minimum atomic E-state index is -0.621. The van der Waals surface area contributed by atoms with Crippen LogP contribution >= 0.6 is 23.2 Å². The third-order valence-electron chi connectivity index (χ3n) is 4.12. The first-order valence-corrected chi connectivity index (χ1v) is 9.77. The Balaban J connectivity index is 1.97. The maximum atomic E-state index is 12.2. The number of carbonyl (C=O) groups excluding carboxylic acids is 2. The fourth-order valence-electron chi connectivity index (χ4n) is 2.71. The number of halogens is 2. The highest BCUT2D eigenvalue weighted by molar-refractivity contribution is 6.35. The van der Waals surface area contributed by atoms with Gasteiger partial charge in [-0.2, -0.15) is 0 Å². The highest BCUT2D eigenvalue weighted by Gasteiger charge is 2.19. The lowest BCUT2D eigenvalue weighted by Gasteiger charge is -2.09. The van der Waals surface area contributed by atoms with Gasteiger partial charge in [-0.15, -0.1) is 0 Å².